The second kappa shape index (κ2) is 9.97. The molecule has 0 aliphatic heterocycles. The number of nitrogens with one attached hydrogen (secondary N) is 1. The van der Waals surface area contributed by atoms with Crippen molar-refractivity contribution in [1.29, 1.82) is 0 Å². The summed E-state index contributed by atoms with van der Waals surface area (Å²) in [4.78, 5) is 13.9. The fourth-order valence-corrected chi connectivity index (χ4v) is 2.13. The second-order valence-corrected chi connectivity index (χ2v) is 5.42. The summed E-state index contributed by atoms with van der Waals surface area (Å²) in [5.41, 5.74) is 0.582. The molecule has 0 fully saturated rings. The van der Waals surface area contributed by atoms with Gasteiger partial charge in [-0.3, -0.25) is 9.69 Å². The average molecular weight is 335 g/mol. The summed E-state index contributed by atoms with van der Waals surface area (Å²) in [5, 5.41) is 21.3. The molecule has 118 valence electrons. The van der Waals surface area contributed by atoms with Crippen LogP contribution in [0.5, 0.6) is 0 Å². The van der Waals surface area contributed by atoms with Crippen LogP contribution in [0.4, 0.5) is 5.69 Å². The Morgan fingerprint density at radius 3 is 2.24 bits per heavy atom. The lowest BCUT2D eigenvalue weighted by Crippen LogP contribution is -2.35. The highest BCUT2D eigenvalue weighted by molar-refractivity contribution is 6.42. The highest BCUT2D eigenvalue weighted by atomic mass is 35.5. The number of hydrogen-bond donors (Lipinski definition) is 3. The summed E-state index contributed by atoms with van der Waals surface area (Å²) >= 11 is 11.7. The van der Waals surface area contributed by atoms with E-state index >= 15 is 0 Å². The fraction of sp³-hybridized carbons (Fsp3) is 0.500. The van der Waals surface area contributed by atoms with Crippen LogP contribution in [0.25, 0.3) is 0 Å². The number of carbonyl (C=O) groups excluding carboxylic acids is 1. The standard InChI is InChI=1S/C14H20Cl2N2O3/c15-12-4-3-11(9-13(12)16)17-14(21)10-18(5-1-7-19)6-2-8-20/h3-4,9,19-20H,1-2,5-8,10H2,(H,17,21). The predicted molar refractivity (Wildman–Crippen MR) is 84.9 cm³/mol. The Hall–Kier alpha value is -0.850. The molecule has 1 aromatic rings. The van der Waals surface area contributed by atoms with E-state index in [-0.39, 0.29) is 25.7 Å². The maximum Gasteiger partial charge on any atom is 0.238 e. The summed E-state index contributed by atoms with van der Waals surface area (Å²) in [6.07, 6.45) is 1.18. The minimum absolute atomic E-state index is 0.0734. The van der Waals surface area contributed by atoms with Crippen molar-refractivity contribution in [2.24, 2.45) is 0 Å². The van der Waals surface area contributed by atoms with Gasteiger partial charge in [0, 0.05) is 32.0 Å². The molecule has 0 heterocycles. The first kappa shape index (κ1) is 18.2. The maximum atomic E-state index is 12.0. The molecule has 0 saturated heterocycles. The van der Waals surface area contributed by atoms with E-state index in [2.05, 4.69) is 5.32 Å². The van der Waals surface area contributed by atoms with Gasteiger partial charge in [-0.25, -0.2) is 0 Å². The third-order valence-corrected chi connectivity index (χ3v) is 3.57. The van der Waals surface area contributed by atoms with Crippen LogP contribution in [-0.4, -0.2) is 53.9 Å². The van der Waals surface area contributed by atoms with Gasteiger partial charge in [0.2, 0.25) is 5.91 Å². The predicted octanol–water partition coefficient (Wildman–Crippen LogP) is 2.00. The maximum absolute atomic E-state index is 12.0. The SMILES string of the molecule is O=C(CN(CCCO)CCCO)Nc1ccc(Cl)c(Cl)c1. The van der Waals surface area contributed by atoms with E-state index in [0.717, 1.165) is 0 Å². The fourth-order valence-electron chi connectivity index (χ4n) is 1.84. The van der Waals surface area contributed by atoms with E-state index in [1.165, 1.54) is 0 Å². The Bertz CT molecular complexity index is 450. The third kappa shape index (κ3) is 7.11. The van der Waals surface area contributed by atoms with Crippen molar-refractivity contribution in [1.82, 2.24) is 4.90 Å². The van der Waals surface area contributed by atoms with Gasteiger partial charge in [0.25, 0.3) is 0 Å². The van der Waals surface area contributed by atoms with Gasteiger partial charge in [-0.2, -0.15) is 0 Å². The first-order chi connectivity index (χ1) is 10.1. The van der Waals surface area contributed by atoms with Crippen LogP contribution in [-0.2, 0) is 4.79 Å². The van der Waals surface area contributed by atoms with Gasteiger partial charge in [0.1, 0.15) is 0 Å². The molecule has 0 aromatic heterocycles. The molecule has 0 saturated carbocycles. The Kier molecular flexibility index (Phi) is 8.64. The van der Waals surface area contributed by atoms with Crippen LogP contribution in [0.1, 0.15) is 12.8 Å². The molecule has 0 bridgehead atoms. The summed E-state index contributed by atoms with van der Waals surface area (Å²) in [7, 11) is 0. The Morgan fingerprint density at radius 1 is 1.10 bits per heavy atom. The van der Waals surface area contributed by atoms with E-state index in [0.29, 0.717) is 41.7 Å². The largest absolute Gasteiger partial charge is 0.396 e. The molecule has 3 N–H and O–H groups in total. The van der Waals surface area contributed by atoms with Crippen molar-refractivity contribution in [3.8, 4) is 0 Å². The van der Waals surface area contributed by atoms with Gasteiger partial charge in [0.15, 0.2) is 0 Å². The zero-order chi connectivity index (χ0) is 15.7. The van der Waals surface area contributed by atoms with Crippen LogP contribution in [0.3, 0.4) is 0 Å². The number of amides is 1. The topological polar surface area (TPSA) is 72.8 Å². The number of hydrogen-bond acceptors (Lipinski definition) is 4. The van der Waals surface area contributed by atoms with Crippen molar-refractivity contribution in [2.45, 2.75) is 12.8 Å². The number of carbonyl (C=O) groups is 1. The molecule has 0 aliphatic rings. The smallest absolute Gasteiger partial charge is 0.238 e. The molecule has 7 heteroatoms. The first-order valence-electron chi connectivity index (χ1n) is 6.75. The van der Waals surface area contributed by atoms with Gasteiger partial charge in [0.05, 0.1) is 16.6 Å². The molecule has 1 amide bonds. The molecule has 0 aliphatic carbocycles. The summed E-state index contributed by atoms with van der Waals surface area (Å²) in [5.74, 6) is -0.177. The zero-order valence-corrected chi connectivity index (χ0v) is 13.2. The highest BCUT2D eigenvalue weighted by Crippen LogP contribution is 2.24. The van der Waals surface area contributed by atoms with Crippen molar-refractivity contribution in [3.63, 3.8) is 0 Å². The second-order valence-electron chi connectivity index (χ2n) is 4.61. The number of benzene rings is 1. The van der Waals surface area contributed by atoms with E-state index in [1.807, 2.05) is 4.90 Å². The average Bonchev–Trinajstić information content (AvgIpc) is 2.45. The van der Waals surface area contributed by atoms with Crippen LogP contribution < -0.4 is 5.32 Å². The van der Waals surface area contributed by atoms with Gasteiger partial charge >= 0.3 is 0 Å². The zero-order valence-electron chi connectivity index (χ0n) is 11.7. The van der Waals surface area contributed by atoms with E-state index in [9.17, 15) is 4.79 Å². The van der Waals surface area contributed by atoms with E-state index in [1.54, 1.807) is 18.2 Å². The summed E-state index contributed by atoms with van der Waals surface area (Å²) < 4.78 is 0. The van der Waals surface area contributed by atoms with Crippen LogP contribution in [0, 0.1) is 0 Å². The number of halogens is 2. The quantitative estimate of drug-likeness (QED) is 0.645. The van der Waals surface area contributed by atoms with Gasteiger partial charge in [-0.05, 0) is 31.0 Å². The van der Waals surface area contributed by atoms with Gasteiger partial charge < -0.3 is 15.5 Å². The molecule has 0 unspecified atom stereocenters. The number of aliphatic hydroxyl groups excluding tert-OH is 2. The lowest BCUT2D eigenvalue weighted by atomic mass is 10.3. The van der Waals surface area contributed by atoms with Crippen molar-refractivity contribution < 1.29 is 15.0 Å². The Balaban J connectivity index is 2.53. The first-order valence-corrected chi connectivity index (χ1v) is 7.51. The van der Waals surface area contributed by atoms with Crippen LogP contribution in [0.2, 0.25) is 10.0 Å². The summed E-state index contributed by atoms with van der Waals surface area (Å²) in [6.45, 7) is 1.55. The van der Waals surface area contributed by atoms with Gasteiger partial charge in [-0.1, -0.05) is 23.2 Å². The number of anilines is 1. The lowest BCUT2D eigenvalue weighted by Gasteiger charge is -2.21. The van der Waals surface area contributed by atoms with Crippen LogP contribution in [0.15, 0.2) is 18.2 Å². The molecule has 1 rings (SSSR count). The molecular formula is C14H20Cl2N2O3. The minimum atomic E-state index is -0.177. The minimum Gasteiger partial charge on any atom is -0.396 e. The number of rotatable bonds is 9. The lowest BCUT2D eigenvalue weighted by molar-refractivity contribution is -0.117. The Morgan fingerprint density at radius 2 is 1.71 bits per heavy atom. The number of aliphatic hydroxyl groups is 2. The third-order valence-electron chi connectivity index (χ3n) is 2.84. The molecule has 0 atom stereocenters. The molecule has 21 heavy (non-hydrogen) atoms. The Labute approximate surface area is 134 Å². The van der Waals surface area contributed by atoms with Crippen molar-refractivity contribution in [3.05, 3.63) is 28.2 Å². The van der Waals surface area contributed by atoms with E-state index in [4.69, 9.17) is 33.4 Å². The normalized spacial score (nSPS) is 10.9. The number of nitrogens with zero attached hydrogens (tertiary/aromatic N) is 1. The van der Waals surface area contributed by atoms with Crippen LogP contribution >= 0.6 is 23.2 Å². The monoisotopic (exact) mass is 334 g/mol. The van der Waals surface area contributed by atoms with E-state index < -0.39 is 0 Å². The van der Waals surface area contributed by atoms with Crippen molar-refractivity contribution >= 4 is 34.8 Å². The molecule has 0 spiro atoms. The highest BCUT2D eigenvalue weighted by Gasteiger charge is 2.11. The summed E-state index contributed by atoms with van der Waals surface area (Å²) in [6, 6.07) is 4.89. The molecule has 0 radical (unpaired) electrons. The van der Waals surface area contributed by atoms with Crippen molar-refractivity contribution in [2.75, 3.05) is 38.2 Å². The molecular weight excluding hydrogens is 315 g/mol. The van der Waals surface area contributed by atoms with Gasteiger partial charge in [-0.15, -0.1) is 0 Å². The molecule has 5 nitrogen and oxygen atoms in total. The molecule has 1 aromatic carbocycles.